The number of carbonyl (C=O) groups is 1. The molecule has 0 spiro atoms. The summed E-state index contributed by atoms with van der Waals surface area (Å²) in [7, 11) is 3.44. The summed E-state index contributed by atoms with van der Waals surface area (Å²) in [6, 6.07) is 9.08. The number of aromatic nitrogens is 3. The number of nitrogens with zero attached hydrogens (tertiary/aromatic N) is 4. The van der Waals surface area contributed by atoms with Gasteiger partial charge < -0.3 is 15.0 Å². The van der Waals surface area contributed by atoms with Crippen molar-refractivity contribution in [1.82, 2.24) is 14.1 Å². The van der Waals surface area contributed by atoms with Gasteiger partial charge in [0.25, 0.3) is 5.91 Å². The number of benzene rings is 1. The molecule has 3 heterocycles. The van der Waals surface area contributed by atoms with Crippen LogP contribution in [0.1, 0.15) is 10.5 Å². The third-order valence-electron chi connectivity index (χ3n) is 4.88. The lowest BCUT2D eigenvalue weighted by molar-refractivity contribution is 0.102. The Kier molecular flexibility index (Phi) is 4.41. The average Bonchev–Trinajstić information content (AvgIpc) is 2.92. The second-order valence-electron chi connectivity index (χ2n) is 6.56. The van der Waals surface area contributed by atoms with Crippen LogP contribution in [0.25, 0.3) is 11.0 Å². The van der Waals surface area contributed by atoms with Crippen LogP contribution in [-0.2, 0) is 18.8 Å². The number of aryl methyl sites for hydroxylation is 2. The molecule has 4 rings (SSSR count). The topological polar surface area (TPSA) is 81.4 Å². The van der Waals surface area contributed by atoms with E-state index in [4.69, 9.17) is 4.74 Å². The summed E-state index contributed by atoms with van der Waals surface area (Å²) in [6.45, 7) is 2.95. The molecule has 0 unspecified atom stereocenters. The van der Waals surface area contributed by atoms with Crippen LogP contribution in [0.2, 0.25) is 0 Å². The molecule has 0 saturated carbocycles. The van der Waals surface area contributed by atoms with E-state index in [0.717, 1.165) is 29.8 Å². The van der Waals surface area contributed by atoms with Crippen molar-refractivity contribution in [2.45, 2.75) is 0 Å². The summed E-state index contributed by atoms with van der Waals surface area (Å²) in [5.41, 5.74) is 3.39. The Balaban J connectivity index is 1.58. The number of morpholine rings is 1. The molecule has 27 heavy (non-hydrogen) atoms. The van der Waals surface area contributed by atoms with Crippen LogP contribution < -0.4 is 15.9 Å². The summed E-state index contributed by atoms with van der Waals surface area (Å²) < 4.78 is 8.51. The first-order chi connectivity index (χ1) is 13.0. The van der Waals surface area contributed by atoms with Gasteiger partial charge in [0, 0.05) is 44.8 Å². The average molecular weight is 367 g/mol. The van der Waals surface area contributed by atoms with E-state index in [2.05, 4.69) is 15.2 Å². The fraction of sp³-hybridized carbons (Fsp3) is 0.316. The first-order valence-corrected chi connectivity index (χ1v) is 8.80. The summed E-state index contributed by atoms with van der Waals surface area (Å²) in [4.78, 5) is 31.1. The van der Waals surface area contributed by atoms with Crippen molar-refractivity contribution >= 4 is 28.3 Å². The highest BCUT2D eigenvalue weighted by atomic mass is 16.5. The molecule has 1 aromatic carbocycles. The molecule has 0 bridgehead atoms. The van der Waals surface area contributed by atoms with E-state index in [1.54, 1.807) is 47.6 Å². The Labute approximate surface area is 156 Å². The number of anilines is 2. The molecule has 140 valence electrons. The zero-order chi connectivity index (χ0) is 19.0. The molecule has 1 N–H and O–H groups in total. The van der Waals surface area contributed by atoms with Crippen LogP contribution in [-0.4, -0.2) is 46.3 Å². The minimum atomic E-state index is -0.287. The van der Waals surface area contributed by atoms with Gasteiger partial charge in [-0.15, -0.1) is 0 Å². The van der Waals surface area contributed by atoms with Crippen LogP contribution in [0.3, 0.4) is 0 Å². The molecule has 0 atom stereocenters. The predicted molar refractivity (Wildman–Crippen MR) is 103 cm³/mol. The lowest BCUT2D eigenvalue weighted by Crippen LogP contribution is -2.36. The number of ether oxygens (including phenoxy) is 1. The maximum atomic E-state index is 12.7. The van der Waals surface area contributed by atoms with Crippen LogP contribution in [0.5, 0.6) is 0 Å². The minimum absolute atomic E-state index is 0.103. The van der Waals surface area contributed by atoms with Crippen molar-refractivity contribution in [2.24, 2.45) is 14.1 Å². The second-order valence-corrected chi connectivity index (χ2v) is 6.56. The molecule has 3 aromatic rings. The van der Waals surface area contributed by atoms with Crippen molar-refractivity contribution < 1.29 is 9.53 Å². The number of carbonyl (C=O) groups excluding carboxylic acids is 1. The van der Waals surface area contributed by atoms with Gasteiger partial charge in [-0.25, -0.2) is 4.79 Å². The molecule has 1 fully saturated rings. The van der Waals surface area contributed by atoms with Gasteiger partial charge in [-0.1, -0.05) is 0 Å². The molecule has 8 nitrogen and oxygen atoms in total. The normalized spacial score (nSPS) is 14.5. The van der Waals surface area contributed by atoms with Crippen molar-refractivity contribution in [3.63, 3.8) is 0 Å². The van der Waals surface area contributed by atoms with E-state index >= 15 is 0 Å². The number of imidazole rings is 1. The molecule has 0 radical (unpaired) electrons. The zero-order valence-corrected chi connectivity index (χ0v) is 15.3. The van der Waals surface area contributed by atoms with Crippen molar-refractivity contribution in [3.05, 3.63) is 52.7 Å². The smallest absolute Gasteiger partial charge is 0.328 e. The third kappa shape index (κ3) is 3.19. The number of fused-ring (bicyclic) bond motifs is 1. The molecular formula is C19H21N5O3. The monoisotopic (exact) mass is 367 g/mol. The van der Waals surface area contributed by atoms with Gasteiger partial charge in [-0.2, -0.15) is 0 Å². The van der Waals surface area contributed by atoms with Crippen molar-refractivity contribution in [1.29, 1.82) is 0 Å². The highest BCUT2D eigenvalue weighted by Gasteiger charge is 2.15. The molecule has 8 heteroatoms. The van der Waals surface area contributed by atoms with Gasteiger partial charge in [0.05, 0.1) is 24.2 Å². The van der Waals surface area contributed by atoms with E-state index in [0.29, 0.717) is 24.6 Å². The molecular weight excluding hydrogens is 346 g/mol. The standard InChI is InChI=1S/C19H21N5O3/c1-22-16-4-3-13(11-17(16)23(2)19(22)26)21-18(25)15-12-14(5-6-20-15)24-7-9-27-10-8-24/h3-6,11-12H,7-10H2,1-2H3,(H,21,25). The Morgan fingerprint density at radius 3 is 2.59 bits per heavy atom. The Morgan fingerprint density at radius 2 is 1.81 bits per heavy atom. The van der Waals surface area contributed by atoms with Gasteiger partial charge in [0.15, 0.2) is 0 Å². The molecule has 0 aliphatic carbocycles. The lowest BCUT2D eigenvalue weighted by atomic mass is 10.2. The van der Waals surface area contributed by atoms with Gasteiger partial charge in [0.2, 0.25) is 0 Å². The second kappa shape index (κ2) is 6.88. The lowest BCUT2D eigenvalue weighted by Gasteiger charge is -2.28. The molecule has 1 aliphatic heterocycles. The molecule has 1 saturated heterocycles. The van der Waals surface area contributed by atoms with Crippen LogP contribution in [0.15, 0.2) is 41.3 Å². The van der Waals surface area contributed by atoms with Crippen molar-refractivity contribution in [3.8, 4) is 0 Å². The van der Waals surface area contributed by atoms with Crippen molar-refractivity contribution in [2.75, 3.05) is 36.5 Å². The SMILES string of the molecule is Cn1c(=O)n(C)c2cc(NC(=O)c3cc(N4CCOCC4)ccn3)ccc21. The van der Waals surface area contributed by atoms with E-state index in [1.807, 2.05) is 12.1 Å². The van der Waals surface area contributed by atoms with E-state index in [9.17, 15) is 9.59 Å². The fourth-order valence-corrected chi connectivity index (χ4v) is 3.34. The van der Waals surface area contributed by atoms with E-state index in [-0.39, 0.29) is 11.6 Å². The largest absolute Gasteiger partial charge is 0.378 e. The molecule has 1 amide bonds. The van der Waals surface area contributed by atoms with Crippen LogP contribution in [0, 0.1) is 0 Å². The number of pyridine rings is 1. The van der Waals surface area contributed by atoms with Gasteiger partial charge in [0.1, 0.15) is 5.69 Å². The Morgan fingerprint density at radius 1 is 1.07 bits per heavy atom. The zero-order valence-electron chi connectivity index (χ0n) is 15.3. The number of amides is 1. The predicted octanol–water partition coefficient (Wildman–Crippen LogP) is 1.36. The summed E-state index contributed by atoms with van der Waals surface area (Å²) in [5, 5.41) is 2.87. The molecule has 1 aliphatic rings. The quantitative estimate of drug-likeness (QED) is 0.756. The molecule has 2 aromatic heterocycles. The number of rotatable bonds is 3. The highest BCUT2D eigenvalue weighted by molar-refractivity contribution is 6.04. The summed E-state index contributed by atoms with van der Waals surface area (Å²) in [6.07, 6.45) is 1.64. The Hall–Kier alpha value is -3.13. The summed E-state index contributed by atoms with van der Waals surface area (Å²) >= 11 is 0. The van der Waals surface area contributed by atoms with E-state index < -0.39 is 0 Å². The third-order valence-corrected chi connectivity index (χ3v) is 4.88. The van der Waals surface area contributed by atoms with Crippen LogP contribution >= 0.6 is 0 Å². The number of hydrogen-bond acceptors (Lipinski definition) is 5. The van der Waals surface area contributed by atoms with Gasteiger partial charge in [-0.3, -0.25) is 18.9 Å². The van der Waals surface area contributed by atoms with E-state index in [1.165, 1.54) is 0 Å². The van der Waals surface area contributed by atoms with Gasteiger partial charge in [-0.05, 0) is 30.3 Å². The maximum absolute atomic E-state index is 12.7. The number of hydrogen-bond donors (Lipinski definition) is 1. The first-order valence-electron chi connectivity index (χ1n) is 8.80. The summed E-state index contributed by atoms with van der Waals surface area (Å²) in [5.74, 6) is -0.287. The Bertz CT molecular complexity index is 1060. The minimum Gasteiger partial charge on any atom is -0.378 e. The first kappa shape index (κ1) is 17.3. The van der Waals surface area contributed by atoms with Gasteiger partial charge >= 0.3 is 5.69 Å². The fourth-order valence-electron chi connectivity index (χ4n) is 3.34. The number of nitrogens with one attached hydrogen (secondary N) is 1. The highest BCUT2D eigenvalue weighted by Crippen LogP contribution is 2.20. The van der Waals surface area contributed by atoms with Crippen LogP contribution in [0.4, 0.5) is 11.4 Å². The maximum Gasteiger partial charge on any atom is 0.328 e.